The highest BCUT2D eigenvalue weighted by Gasteiger charge is 2.49. The van der Waals surface area contributed by atoms with E-state index in [2.05, 4.69) is 13.8 Å². The predicted octanol–water partition coefficient (Wildman–Crippen LogP) is 3.88. The highest BCUT2D eigenvalue weighted by Crippen LogP contribution is 2.49. The van der Waals surface area contributed by atoms with E-state index in [0.29, 0.717) is 11.8 Å². The van der Waals surface area contributed by atoms with Crippen LogP contribution in [0, 0.1) is 17.8 Å². The molecular formula is C17H31NO. The fraction of sp³-hybridized carbons (Fsp3) is 1.00. The van der Waals surface area contributed by atoms with Crippen molar-refractivity contribution in [3.8, 4) is 0 Å². The van der Waals surface area contributed by atoms with Crippen LogP contribution in [0.4, 0.5) is 0 Å². The van der Waals surface area contributed by atoms with E-state index >= 15 is 0 Å². The first-order valence-corrected chi connectivity index (χ1v) is 8.49. The summed E-state index contributed by atoms with van der Waals surface area (Å²) in [4.78, 5) is 0. The van der Waals surface area contributed by atoms with Gasteiger partial charge in [-0.25, -0.2) is 0 Å². The smallest absolute Gasteiger partial charge is 0.0685 e. The summed E-state index contributed by atoms with van der Waals surface area (Å²) in [5.74, 6) is 2.15. The fourth-order valence-corrected chi connectivity index (χ4v) is 5.17. The standard InChI is InChI=1S/C17H31NO/c1-13-6-5-10-17(18,14(13)2)15-7-11-19-16(12-15)8-3-4-9-16/h13-15H,3-12,18H2,1-2H3. The molecule has 0 amide bonds. The third kappa shape index (κ3) is 2.35. The molecule has 1 spiro atoms. The molecule has 0 bridgehead atoms. The highest BCUT2D eigenvalue weighted by atomic mass is 16.5. The first-order chi connectivity index (χ1) is 9.06. The van der Waals surface area contributed by atoms with Crippen LogP contribution >= 0.6 is 0 Å². The molecule has 2 N–H and O–H groups in total. The Balaban J connectivity index is 1.76. The Kier molecular flexibility index (Phi) is 3.68. The molecule has 4 unspecified atom stereocenters. The Morgan fingerprint density at radius 3 is 2.47 bits per heavy atom. The molecule has 1 heterocycles. The van der Waals surface area contributed by atoms with Crippen LogP contribution in [-0.2, 0) is 4.74 Å². The third-order valence-corrected chi connectivity index (χ3v) is 6.74. The Bertz CT molecular complexity index is 323. The van der Waals surface area contributed by atoms with Gasteiger partial charge in [0.15, 0.2) is 0 Å². The maximum absolute atomic E-state index is 6.96. The van der Waals surface area contributed by atoms with Gasteiger partial charge in [0.1, 0.15) is 0 Å². The second kappa shape index (κ2) is 5.04. The van der Waals surface area contributed by atoms with E-state index in [-0.39, 0.29) is 11.1 Å². The van der Waals surface area contributed by atoms with Gasteiger partial charge < -0.3 is 10.5 Å². The van der Waals surface area contributed by atoms with E-state index in [1.807, 2.05) is 0 Å². The number of rotatable bonds is 1. The zero-order valence-corrected chi connectivity index (χ0v) is 12.8. The summed E-state index contributed by atoms with van der Waals surface area (Å²) in [6, 6.07) is 0. The molecule has 19 heavy (non-hydrogen) atoms. The zero-order chi connectivity index (χ0) is 13.5. The van der Waals surface area contributed by atoms with Crippen LogP contribution in [0.2, 0.25) is 0 Å². The third-order valence-electron chi connectivity index (χ3n) is 6.74. The van der Waals surface area contributed by atoms with Gasteiger partial charge in [-0.05, 0) is 49.9 Å². The second-order valence-corrected chi connectivity index (χ2v) is 7.70. The molecule has 0 aromatic heterocycles. The van der Waals surface area contributed by atoms with E-state index in [0.717, 1.165) is 12.5 Å². The molecule has 2 aliphatic carbocycles. The number of ether oxygens (including phenoxy) is 1. The van der Waals surface area contributed by atoms with Crippen LogP contribution in [0.1, 0.15) is 71.6 Å². The van der Waals surface area contributed by atoms with Crippen LogP contribution in [0.25, 0.3) is 0 Å². The minimum absolute atomic E-state index is 0.0804. The van der Waals surface area contributed by atoms with Crippen molar-refractivity contribution in [3.63, 3.8) is 0 Å². The van der Waals surface area contributed by atoms with Crippen molar-refractivity contribution < 1.29 is 4.74 Å². The van der Waals surface area contributed by atoms with Gasteiger partial charge >= 0.3 is 0 Å². The minimum Gasteiger partial charge on any atom is -0.375 e. The molecule has 2 saturated carbocycles. The summed E-state index contributed by atoms with van der Waals surface area (Å²) in [6.07, 6.45) is 11.6. The van der Waals surface area contributed by atoms with Gasteiger partial charge in [-0.2, -0.15) is 0 Å². The molecule has 1 saturated heterocycles. The lowest BCUT2D eigenvalue weighted by Gasteiger charge is -2.52. The average molecular weight is 265 g/mol. The van der Waals surface area contributed by atoms with Crippen molar-refractivity contribution in [3.05, 3.63) is 0 Å². The quantitative estimate of drug-likeness (QED) is 0.781. The summed E-state index contributed by atoms with van der Waals surface area (Å²) in [7, 11) is 0. The van der Waals surface area contributed by atoms with Crippen LogP contribution in [-0.4, -0.2) is 17.7 Å². The van der Waals surface area contributed by atoms with Crippen molar-refractivity contribution in [2.75, 3.05) is 6.61 Å². The van der Waals surface area contributed by atoms with Gasteiger partial charge in [0.25, 0.3) is 0 Å². The molecule has 4 atom stereocenters. The Labute approximate surface area is 118 Å². The summed E-state index contributed by atoms with van der Waals surface area (Å²) in [6.45, 7) is 5.75. The van der Waals surface area contributed by atoms with Crippen molar-refractivity contribution in [2.24, 2.45) is 23.5 Å². The highest BCUT2D eigenvalue weighted by molar-refractivity contribution is 5.04. The summed E-state index contributed by atoms with van der Waals surface area (Å²) in [5.41, 5.74) is 7.26. The lowest BCUT2D eigenvalue weighted by Crippen LogP contribution is -2.59. The van der Waals surface area contributed by atoms with Crippen molar-refractivity contribution in [2.45, 2.75) is 82.8 Å². The van der Waals surface area contributed by atoms with Gasteiger partial charge in [0.2, 0.25) is 0 Å². The van der Waals surface area contributed by atoms with Crippen molar-refractivity contribution >= 4 is 0 Å². The lowest BCUT2D eigenvalue weighted by molar-refractivity contribution is -0.115. The summed E-state index contributed by atoms with van der Waals surface area (Å²) >= 11 is 0. The number of hydrogen-bond acceptors (Lipinski definition) is 2. The van der Waals surface area contributed by atoms with Gasteiger partial charge in [0, 0.05) is 12.1 Å². The fourth-order valence-electron chi connectivity index (χ4n) is 5.17. The first kappa shape index (κ1) is 13.9. The predicted molar refractivity (Wildman–Crippen MR) is 79.0 cm³/mol. The normalized spacial score (nSPS) is 46.6. The van der Waals surface area contributed by atoms with Gasteiger partial charge in [-0.15, -0.1) is 0 Å². The Morgan fingerprint density at radius 1 is 1.00 bits per heavy atom. The minimum atomic E-state index is 0.0804. The monoisotopic (exact) mass is 265 g/mol. The number of hydrogen-bond donors (Lipinski definition) is 1. The van der Waals surface area contributed by atoms with Gasteiger partial charge in [-0.1, -0.05) is 39.5 Å². The van der Waals surface area contributed by atoms with E-state index in [9.17, 15) is 0 Å². The van der Waals surface area contributed by atoms with E-state index in [4.69, 9.17) is 10.5 Å². The van der Waals surface area contributed by atoms with Crippen molar-refractivity contribution in [1.29, 1.82) is 0 Å². The lowest BCUT2D eigenvalue weighted by atomic mass is 9.60. The molecule has 3 fully saturated rings. The maximum atomic E-state index is 6.96. The topological polar surface area (TPSA) is 35.2 Å². The van der Waals surface area contributed by atoms with Crippen LogP contribution in [0.5, 0.6) is 0 Å². The van der Waals surface area contributed by atoms with Gasteiger partial charge in [0.05, 0.1) is 5.60 Å². The largest absolute Gasteiger partial charge is 0.375 e. The first-order valence-electron chi connectivity index (χ1n) is 8.49. The average Bonchev–Trinajstić information content (AvgIpc) is 2.84. The molecule has 0 aromatic carbocycles. The van der Waals surface area contributed by atoms with E-state index < -0.39 is 0 Å². The van der Waals surface area contributed by atoms with Crippen LogP contribution < -0.4 is 5.73 Å². The number of nitrogens with two attached hydrogens (primary N) is 1. The van der Waals surface area contributed by atoms with Crippen LogP contribution in [0.3, 0.4) is 0 Å². The molecule has 1 aliphatic heterocycles. The summed E-state index contributed by atoms with van der Waals surface area (Å²) < 4.78 is 6.20. The van der Waals surface area contributed by atoms with E-state index in [1.54, 1.807) is 0 Å². The maximum Gasteiger partial charge on any atom is 0.0685 e. The molecule has 3 rings (SSSR count). The van der Waals surface area contributed by atoms with E-state index in [1.165, 1.54) is 57.8 Å². The molecule has 0 radical (unpaired) electrons. The zero-order valence-electron chi connectivity index (χ0n) is 12.8. The molecule has 3 aliphatic rings. The molecular weight excluding hydrogens is 234 g/mol. The Morgan fingerprint density at radius 2 is 1.74 bits per heavy atom. The molecule has 2 heteroatoms. The van der Waals surface area contributed by atoms with Gasteiger partial charge in [-0.3, -0.25) is 0 Å². The van der Waals surface area contributed by atoms with Crippen LogP contribution in [0.15, 0.2) is 0 Å². The van der Waals surface area contributed by atoms with Crippen molar-refractivity contribution in [1.82, 2.24) is 0 Å². The molecule has 110 valence electrons. The SMILES string of the molecule is CC1CCCC(N)(C2CCOC3(CCCC3)C2)C1C. The second-order valence-electron chi connectivity index (χ2n) is 7.70. The summed E-state index contributed by atoms with van der Waals surface area (Å²) in [5, 5.41) is 0. The molecule has 0 aromatic rings. The Hall–Kier alpha value is -0.0800. The molecule has 2 nitrogen and oxygen atoms in total.